The molecule has 0 aliphatic carbocycles. The van der Waals surface area contributed by atoms with Crippen molar-refractivity contribution in [2.45, 2.75) is 19.4 Å². The molecule has 1 heterocycles. The largest absolute Gasteiger partial charge is 0.494 e. The lowest BCUT2D eigenvalue weighted by atomic mass is 10.0. The number of hydrogen-bond donors (Lipinski definition) is 1. The second-order valence-electron chi connectivity index (χ2n) is 4.95. The zero-order valence-electron chi connectivity index (χ0n) is 11.6. The summed E-state index contributed by atoms with van der Waals surface area (Å²) in [6.45, 7) is 2.13. The normalized spacial score (nSPS) is 21.4. The number of methoxy groups -OCH3 is 1. The summed E-state index contributed by atoms with van der Waals surface area (Å²) in [5, 5.41) is 9.60. The van der Waals surface area contributed by atoms with Crippen LogP contribution < -0.4 is 4.74 Å². The molecule has 2 unspecified atom stereocenters. The maximum absolute atomic E-state index is 12.5. The van der Waals surface area contributed by atoms with Crippen LogP contribution in [0, 0.1) is 5.92 Å². The Morgan fingerprint density at radius 1 is 1.33 bits per heavy atom. The number of hydrogen-bond acceptors (Lipinski definition) is 3. The summed E-state index contributed by atoms with van der Waals surface area (Å²) in [5.41, 5.74) is 0.323. The lowest BCUT2D eigenvalue weighted by molar-refractivity contribution is -0.142. The van der Waals surface area contributed by atoms with Gasteiger partial charge in [0.05, 0.1) is 23.1 Å². The first kappa shape index (κ1) is 15.9. The maximum Gasteiger partial charge on any atom is 0.308 e. The zero-order valence-corrected chi connectivity index (χ0v) is 13.1. The van der Waals surface area contributed by atoms with E-state index in [2.05, 4.69) is 0 Å². The SMILES string of the molecule is COc1c(Cl)cc(C(=O)N2CCC(C(=O)O)C2C)cc1Cl. The first-order valence-corrected chi connectivity index (χ1v) is 7.19. The van der Waals surface area contributed by atoms with Crippen LogP contribution in [0.1, 0.15) is 23.7 Å². The number of amides is 1. The lowest BCUT2D eigenvalue weighted by Gasteiger charge is -2.23. The third-order valence-corrected chi connectivity index (χ3v) is 4.34. The number of carboxylic acids is 1. The monoisotopic (exact) mass is 331 g/mol. The summed E-state index contributed by atoms with van der Waals surface area (Å²) in [7, 11) is 1.44. The van der Waals surface area contributed by atoms with Crippen molar-refractivity contribution >= 4 is 35.1 Å². The Bertz CT molecular complexity index is 567. The predicted octanol–water partition coefficient (Wildman–Crippen LogP) is 2.94. The van der Waals surface area contributed by atoms with E-state index < -0.39 is 11.9 Å². The zero-order chi connectivity index (χ0) is 15.7. The second-order valence-corrected chi connectivity index (χ2v) is 5.76. The molecule has 2 atom stereocenters. The molecule has 1 N–H and O–H groups in total. The Morgan fingerprint density at radius 2 is 1.90 bits per heavy atom. The van der Waals surface area contributed by atoms with E-state index in [9.17, 15) is 9.59 Å². The van der Waals surface area contributed by atoms with E-state index in [0.717, 1.165) is 0 Å². The third kappa shape index (κ3) is 2.94. The van der Waals surface area contributed by atoms with Crippen molar-refractivity contribution in [3.05, 3.63) is 27.7 Å². The molecule has 1 aromatic carbocycles. The highest BCUT2D eigenvalue weighted by Crippen LogP contribution is 2.35. The smallest absolute Gasteiger partial charge is 0.308 e. The summed E-state index contributed by atoms with van der Waals surface area (Å²) in [5.74, 6) is -1.40. The van der Waals surface area contributed by atoms with Crippen molar-refractivity contribution in [1.82, 2.24) is 4.90 Å². The van der Waals surface area contributed by atoms with E-state index in [4.69, 9.17) is 33.0 Å². The minimum atomic E-state index is -0.886. The molecular formula is C14H15Cl2NO4. The van der Waals surface area contributed by atoms with Crippen LogP contribution in [0.4, 0.5) is 0 Å². The van der Waals surface area contributed by atoms with Crippen LogP contribution in [0.3, 0.4) is 0 Å². The average molecular weight is 332 g/mol. The van der Waals surface area contributed by atoms with Crippen LogP contribution in [-0.4, -0.2) is 41.6 Å². The second kappa shape index (κ2) is 6.12. The van der Waals surface area contributed by atoms with E-state index in [1.807, 2.05) is 0 Å². The fraction of sp³-hybridized carbons (Fsp3) is 0.429. The molecular weight excluding hydrogens is 317 g/mol. The molecule has 1 aliphatic rings. The molecule has 1 aliphatic heterocycles. The molecule has 21 heavy (non-hydrogen) atoms. The highest BCUT2D eigenvalue weighted by molar-refractivity contribution is 6.37. The number of nitrogens with zero attached hydrogens (tertiary/aromatic N) is 1. The molecule has 0 aromatic heterocycles. The summed E-state index contributed by atoms with van der Waals surface area (Å²) in [6, 6.07) is 2.60. The van der Waals surface area contributed by atoms with Crippen molar-refractivity contribution in [3.63, 3.8) is 0 Å². The molecule has 1 aromatic rings. The molecule has 7 heteroatoms. The van der Waals surface area contributed by atoms with Crippen LogP contribution in [0.25, 0.3) is 0 Å². The van der Waals surface area contributed by atoms with Crippen molar-refractivity contribution in [1.29, 1.82) is 0 Å². The molecule has 0 radical (unpaired) electrons. The first-order valence-electron chi connectivity index (χ1n) is 6.43. The van der Waals surface area contributed by atoms with Gasteiger partial charge in [-0.05, 0) is 25.5 Å². The van der Waals surface area contributed by atoms with Crippen molar-refractivity contribution < 1.29 is 19.4 Å². The van der Waals surface area contributed by atoms with Gasteiger partial charge in [0, 0.05) is 18.2 Å². The molecule has 5 nitrogen and oxygen atoms in total. The number of carbonyl (C=O) groups excluding carboxylic acids is 1. The van der Waals surface area contributed by atoms with Gasteiger partial charge >= 0.3 is 5.97 Å². The number of halogens is 2. The standard InChI is InChI=1S/C14H15Cl2NO4/c1-7-9(14(19)20)3-4-17(7)13(18)8-5-10(15)12(21-2)11(16)6-8/h5-7,9H,3-4H2,1-2H3,(H,19,20). The van der Waals surface area contributed by atoms with Gasteiger partial charge in [0.15, 0.2) is 5.75 Å². The number of carbonyl (C=O) groups is 2. The molecule has 0 spiro atoms. The minimum Gasteiger partial charge on any atom is -0.494 e. The summed E-state index contributed by atoms with van der Waals surface area (Å²) in [6.07, 6.45) is 0.444. The van der Waals surface area contributed by atoms with Gasteiger partial charge < -0.3 is 14.7 Å². The first-order chi connectivity index (χ1) is 9.86. The van der Waals surface area contributed by atoms with Crippen LogP contribution >= 0.6 is 23.2 Å². The van der Waals surface area contributed by atoms with Gasteiger partial charge in [-0.2, -0.15) is 0 Å². The minimum absolute atomic E-state index is 0.245. The van der Waals surface area contributed by atoms with Crippen LogP contribution in [-0.2, 0) is 4.79 Å². The average Bonchev–Trinajstić information content (AvgIpc) is 2.79. The quantitative estimate of drug-likeness (QED) is 0.924. The van der Waals surface area contributed by atoms with Gasteiger partial charge in [0.1, 0.15) is 0 Å². The Hall–Kier alpha value is -1.46. The molecule has 1 fully saturated rings. The molecule has 1 saturated heterocycles. The fourth-order valence-electron chi connectivity index (χ4n) is 2.60. The fourth-order valence-corrected chi connectivity index (χ4v) is 3.24. The predicted molar refractivity (Wildman–Crippen MR) is 79.3 cm³/mol. The molecule has 2 rings (SSSR count). The van der Waals surface area contributed by atoms with Crippen molar-refractivity contribution in [2.75, 3.05) is 13.7 Å². The van der Waals surface area contributed by atoms with Gasteiger partial charge in [-0.25, -0.2) is 0 Å². The number of aliphatic carboxylic acids is 1. The number of benzene rings is 1. The van der Waals surface area contributed by atoms with E-state index in [-0.39, 0.29) is 22.0 Å². The van der Waals surface area contributed by atoms with Gasteiger partial charge in [-0.1, -0.05) is 23.2 Å². The van der Waals surface area contributed by atoms with Crippen LogP contribution in [0.5, 0.6) is 5.75 Å². The summed E-state index contributed by atoms with van der Waals surface area (Å²) >= 11 is 12.1. The van der Waals surface area contributed by atoms with E-state index in [1.165, 1.54) is 24.1 Å². The maximum atomic E-state index is 12.5. The van der Waals surface area contributed by atoms with Crippen LogP contribution in [0.2, 0.25) is 10.0 Å². The number of likely N-dealkylation sites (tertiary alicyclic amines) is 1. The summed E-state index contributed by atoms with van der Waals surface area (Å²) in [4.78, 5) is 25.2. The highest BCUT2D eigenvalue weighted by atomic mass is 35.5. The van der Waals surface area contributed by atoms with E-state index >= 15 is 0 Å². The van der Waals surface area contributed by atoms with Crippen molar-refractivity contribution in [3.8, 4) is 5.75 Å². The van der Waals surface area contributed by atoms with Gasteiger partial charge in [-0.15, -0.1) is 0 Å². The van der Waals surface area contributed by atoms with Crippen LogP contribution in [0.15, 0.2) is 12.1 Å². The van der Waals surface area contributed by atoms with Gasteiger partial charge in [0.2, 0.25) is 0 Å². The van der Waals surface area contributed by atoms with Crippen molar-refractivity contribution in [2.24, 2.45) is 5.92 Å². The van der Waals surface area contributed by atoms with E-state index in [0.29, 0.717) is 24.3 Å². The number of rotatable bonds is 3. The molecule has 0 saturated carbocycles. The Labute approximate surface area is 132 Å². The van der Waals surface area contributed by atoms with E-state index in [1.54, 1.807) is 6.92 Å². The number of carboxylic acid groups (broad SMARTS) is 1. The molecule has 0 bridgehead atoms. The highest BCUT2D eigenvalue weighted by Gasteiger charge is 2.38. The number of ether oxygens (including phenoxy) is 1. The lowest BCUT2D eigenvalue weighted by Crippen LogP contribution is -2.37. The Morgan fingerprint density at radius 3 is 2.33 bits per heavy atom. The Kier molecular flexibility index (Phi) is 4.64. The molecule has 1 amide bonds. The van der Waals surface area contributed by atoms with Gasteiger partial charge in [0.25, 0.3) is 5.91 Å². The Balaban J connectivity index is 2.27. The van der Waals surface area contributed by atoms with Gasteiger partial charge in [-0.3, -0.25) is 9.59 Å². The topological polar surface area (TPSA) is 66.8 Å². The third-order valence-electron chi connectivity index (χ3n) is 3.78. The molecule has 114 valence electrons. The summed E-state index contributed by atoms with van der Waals surface area (Å²) < 4.78 is 5.04.